The predicted octanol–water partition coefficient (Wildman–Crippen LogP) is 1.45. The van der Waals surface area contributed by atoms with Gasteiger partial charge >= 0.3 is 0 Å². The van der Waals surface area contributed by atoms with Crippen LogP contribution in [-0.2, 0) is 4.74 Å². The monoisotopic (exact) mass is 280 g/mol. The summed E-state index contributed by atoms with van der Waals surface area (Å²) >= 11 is 0. The molecule has 6 nitrogen and oxygen atoms in total. The second kappa shape index (κ2) is 8.71. The highest BCUT2D eigenvalue weighted by Crippen LogP contribution is 2.09. The molecule has 0 saturated carbocycles. The minimum atomic E-state index is 0.387. The fourth-order valence-electron chi connectivity index (χ4n) is 2.06. The Bertz CT molecular complexity index is 383. The summed E-state index contributed by atoms with van der Waals surface area (Å²) in [4.78, 5) is 8.45. The summed E-state index contributed by atoms with van der Waals surface area (Å²) in [5, 5.41) is 6.48. The Morgan fingerprint density at radius 2 is 2.20 bits per heavy atom. The van der Waals surface area contributed by atoms with Crippen LogP contribution in [0.3, 0.4) is 0 Å². The van der Waals surface area contributed by atoms with Gasteiger partial charge in [0.2, 0.25) is 11.8 Å². The lowest BCUT2D eigenvalue weighted by Gasteiger charge is -2.22. The molecule has 0 spiro atoms. The molecule has 2 rings (SSSR count). The van der Waals surface area contributed by atoms with Crippen LogP contribution in [0.5, 0.6) is 5.88 Å². The van der Waals surface area contributed by atoms with Gasteiger partial charge in [-0.1, -0.05) is 6.92 Å². The van der Waals surface area contributed by atoms with E-state index in [4.69, 9.17) is 9.47 Å². The molecule has 2 heterocycles. The Kier molecular flexibility index (Phi) is 6.53. The van der Waals surface area contributed by atoms with E-state index in [9.17, 15) is 0 Å². The topological polar surface area (TPSA) is 68.3 Å². The van der Waals surface area contributed by atoms with Gasteiger partial charge in [-0.2, -0.15) is 4.98 Å². The van der Waals surface area contributed by atoms with Crippen molar-refractivity contribution in [2.24, 2.45) is 0 Å². The molecule has 0 amide bonds. The summed E-state index contributed by atoms with van der Waals surface area (Å²) in [5.41, 5.74) is 0. The van der Waals surface area contributed by atoms with Crippen LogP contribution in [0.1, 0.15) is 26.2 Å². The van der Waals surface area contributed by atoms with Crippen molar-refractivity contribution >= 4 is 5.95 Å². The van der Waals surface area contributed by atoms with Gasteiger partial charge in [-0.25, -0.2) is 4.98 Å². The molecular formula is C14H24N4O2. The third-order valence-corrected chi connectivity index (χ3v) is 3.11. The van der Waals surface area contributed by atoms with E-state index in [1.807, 2.05) is 0 Å². The minimum Gasteiger partial charge on any atom is -0.478 e. The van der Waals surface area contributed by atoms with Gasteiger partial charge in [0.1, 0.15) is 0 Å². The lowest BCUT2D eigenvalue weighted by atomic mass is 10.1. The number of rotatable bonds is 8. The summed E-state index contributed by atoms with van der Waals surface area (Å²) in [6, 6.07) is 1.77. The number of aromatic nitrogens is 2. The average Bonchev–Trinajstić information content (AvgIpc) is 2.51. The van der Waals surface area contributed by atoms with E-state index in [1.54, 1.807) is 12.3 Å². The lowest BCUT2D eigenvalue weighted by molar-refractivity contribution is 0.0393. The van der Waals surface area contributed by atoms with E-state index < -0.39 is 0 Å². The van der Waals surface area contributed by atoms with Crippen molar-refractivity contribution in [1.82, 2.24) is 15.3 Å². The highest BCUT2D eigenvalue weighted by atomic mass is 16.5. The third-order valence-electron chi connectivity index (χ3n) is 3.11. The first-order chi connectivity index (χ1) is 9.88. The minimum absolute atomic E-state index is 0.387. The molecule has 0 bridgehead atoms. The quantitative estimate of drug-likeness (QED) is 0.702. The van der Waals surface area contributed by atoms with Crippen LogP contribution in [0.2, 0.25) is 0 Å². The van der Waals surface area contributed by atoms with Gasteiger partial charge in [0.15, 0.2) is 0 Å². The SMILES string of the molecule is CCCOc1ccnc(NCCOC2CCNCC2)n1. The molecule has 0 radical (unpaired) electrons. The van der Waals surface area contributed by atoms with Crippen molar-refractivity contribution in [2.45, 2.75) is 32.3 Å². The van der Waals surface area contributed by atoms with Gasteiger partial charge in [0.25, 0.3) is 0 Å². The normalized spacial score (nSPS) is 16.1. The second-order valence-electron chi connectivity index (χ2n) is 4.81. The average molecular weight is 280 g/mol. The number of hydrogen-bond donors (Lipinski definition) is 2. The van der Waals surface area contributed by atoms with E-state index in [1.165, 1.54) is 0 Å². The van der Waals surface area contributed by atoms with Gasteiger partial charge < -0.3 is 20.1 Å². The zero-order valence-corrected chi connectivity index (χ0v) is 12.1. The van der Waals surface area contributed by atoms with Crippen molar-refractivity contribution in [3.8, 4) is 5.88 Å². The lowest BCUT2D eigenvalue weighted by Crippen LogP contribution is -2.33. The number of piperidine rings is 1. The van der Waals surface area contributed by atoms with Gasteiger partial charge in [0.05, 0.1) is 19.3 Å². The molecule has 0 aromatic carbocycles. The molecule has 0 aliphatic carbocycles. The second-order valence-corrected chi connectivity index (χ2v) is 4.81. The fourth-order valence-corrected chi connectivity index (χ4v) is 2.06. The number of hydrogen-bond acceptors (Lipinski definition) is 6. The molecule has 0 atom stereocenters. The van der Waals surface area contributed by atoms with Crippen LogP contribution < -0.4 is 15.4 Å². The molecule has 1 aliphatic rings. The largest absolute Gasteiger partial charge is 0.478 e. The van der Waals surface area contributed by atoms with E-state index in [0.29, 0.717) is 37.7 Å². The first-order valence-electron chi connectivity index (χ1n) is 7.40. The van der Waals surface area contributed by atoms with Gasteiger partial charge in [-0.15, -0.1) is 0 Å². The molecule has 1 aromatic rings. The summed E-state index contributed by atoms with van der Waals surface area (Å²) < 4.78 is 11.3. The van der Waals surface area contributed by atoms with Crippen LogP contribution in [0.4, 0.5) is 5.95 Å². The van der Waals surface area contributed by atoms with Gasteiger partial charge in [-0.05, 0) is 32.4 Å². The Balaban J connectivity index is 1.65. The Hall–Kier alpha value is -1.40. The van der Waals surface area contributed by atoms with Crippen LogP contribution in [0.15, 0.2) is 12.3 Å². The fraction of sp³-hybridized carbons (Fsp3) is 0.714. The number of nitrogens with one attached hydrogen (secondary N) is 2. The highest BCUT2D eigenvalue weighted by molar-refractivity contribution is 5.27. The van der Waals surface area contributed by atoms with E-state index in [-0.39, 0.29) is 0 Å². The van der Waals surface area contributed by atoms with E-state index in [0.717, 1.165) is 32.4 Å². The van der Waals surface area contributed by atoms with Crippen molar-refractivity contribution in [3.05, 3.63) is 12.3 Å². The van der Waals surface area contributed by atoms with E-state index in [2.05, 4.69) is 27.5 Å². The smallest absolute Gasteiger partial charge is 0.226 e. The third kappa shape index (κ3) is 5.30. The molecule has 0 unspecified atom stereocenters. The molecule has 1 aliphatic heterocycles. The maximum Gasteiger partial charge on any atom is 0.226 e. The summed E-state index contributed by atoms with van der Waals surface area (Å²) in [5.74, 6) is 1.20. The highest BCUT2D eigenvalue weighted by Gasteiger charge is 2.12. The Morgan fingerprint density at radius 3 is 3.00 bits per heavy atom. The molecule has 2 N–H and O–H groups in total. The van der Waals surface area contributed by atoms with Crippen molar-refractivity contribution in [2.75, 3.05) is 38.2 Å². The number of anilines is 1. The maximum atomic E-state index is 5.81. The zero-order valence-electron chi connectivity index (χ0n) is 12.1. The molecule has 1 saturated heterocycles. The Morgan fingerprint density at radius 1 is 1.35 bits per heavy atom. The van der Waals surface area contributed by atoms with Crippen LogP contribution >= 0.6 is 0 Å². The van der Waals surface area contributed by atoms with E-state index >= 15 is 0 Å². The van der Waals surface area contributed by atoms with Gasteiger partial charge in [0, 0.05) is 18.8 Å². The van der Waals surface area contributed by atoms with Crippen molar-refractivity contribution in [1.29, 1.82) is 0 Å². The van der Waals surface area contributed by atoms with Crippen LogP contribution in [0, 0.1) is 0 Å². The molecule has 112 valence electrons. The zero-order chi connectivity index (χ0) is 14.0. The molecular weight excluding hydrogens is 256 g/mol. The summed E-state index contributed by atoms with van der Waals surface area (Å²) in [7, 11) is 0. The van der Waals surface area contributed by atoms with Crippen molar-refractivity contribution < 1.29 is 9.47 Å². The van der Waals surface area contributed by atoms with Crippen LogP contribution in [0.25, 0.3) is 0 Å². The summed E-state index contributed by atoms with van der Waals surface area (Å²) in [6.07, 6.45) is 5.25. The molecule has 20 heavy (non-hydrogen) atoms. The summed E-state index contributed by atoms with van der Waals surface area (Å²) in [6.45, 7) is 6.24. The predicted molar refractivity (Wildman–Crippen MR) is 78.2 cm³/mol. The Labute approximate surface area is 120 Å². The first kappa shape index (κ1) is 15.0. The molecule has 1 fully saturated rings. The molecule has 1 aromatic heterocycles. The van der Waals surface area contributed by atoms with Crippen LogP contribution in [-0.4, -0.2) is 48.9 Å². The maximum absolute atomic E-state index is 5.81. The number of ether oxygens (including phenoxy) is 2. The van der Waals surface area contributed by atoms with Gasteiger partial charge in [-0.3, -0.25) is 0 Å². The first-order valence-corrected chi connectivity index (χ1v) is 7.40. The molecule has 6 heteroatoms. The standard InChI is InChI=1S/C14H24N4O2/c1-2-10-20-13-5-8-16-14(18-13)17-9-11-19-12-3-6-15-7-4-12/h5,8,12,15H,2-4,6-7,9-11H2,1H3,(H,16,17,18). The van der Waals surface area contributed by atoms with Crippen molar-refractivity contribution in [3.63, 3.8) is 0 Å². The number of nitrogens with zero attached hydrogens (tertiary/aromatic N) is 2.